The first kappa shape index (κ1) is 21.4. The zero-order chi connectivity index (χ0) is 23.7. The van der Waals surface area contributed by atoms with Gasteiger partial charge in [-0.1, -0.05) is 38.1 Å². The molecule has 8 nitrogen and oxygen atoms in total. The van der Waals surface area contributed by atoms with Crippen molar-refractivity contribution in [1.82, 2.24) is 20.2 Å². The number of hydrogen-bond donors (Lipinski definition) is 3. The molecule has 0 fully saturated rings. The molecule has 3 aromatic carbocycles. The van der Waals surface area contributed by atoms with E-state index in [0.717, 1.165) is 33.1 Å². The molecule has 5 aromatic rings. The number of carbonyl (C=O) groups excluding carboxylic acids is 1. The van der Waals surface area contributed by atoms with E-state index in [1.807, 2.05) is 74.5 Å². The standard InChI is InChI=1S/C26H24N6O2/c1-15(2)23(24(27)33)34-19-7-5-6-16(13-19)25-30-22-9-4-3-8-20(22)26(31-25)29-18-10-11-21-17(12-18)14-28-32-21/h3-15,23H,1-2H3,(H2,27,33)(H,28,32)(H,29,30,31). The lowest BCUT2D eigenvalue weighted by molar-refractivity contribution is -0.126. The number of nitrogens with zero attached hydrogens (tertiary/aromatic N) is 3. The predicted octanol–water partition coefficient (Wildman–Crippen LogP) is 4.81. The van der Waals surface area contributed by atoms with Crippen LogP contribution >= 0.6 is 0 Å². The largest absolute Gasteiger partial charge is 0.480 e. The number of anilines is 2. The SMILES string of the molecule is CC(C)C(Oc1cccc(-c2nc(Nc3ccc4[nH]ncc4c3)c3ccccc3n2)c1)C(N)=O. The highest BCUT2D eigenvalue weighted by molar-refractivity contribution is 5.93. The van der Waals surface area contributed by atoms with Crippen LogP contribution in [0.4, 0.5) is 11.5 Å². The summed E-state index contributed by atoms with van der Waals surface area (Å²) in [5.41, 5.74) is 8.95. The van der Waals surface area contributed by atoms with Crippen LogP contribution in [0, 0.1) is 5.92 Å². The minimum Gasteiger partial charge on any atom is -0.480 e. The first-order chi connectivity index (χ1) is 16.5. The van der Waals surface area contributed by atoms with Crippen LogP contribution in [0.25, 0.3) is 33.2 Å². The maximum absolute atomic E-state index is 11.8. The van der Waals surface area contributed by atoms with Gasteiger partial charge in [0.05, 0.1) is 17.2 Å². The fourth-order valence-corrected chi connectivity index (χ4v) is 3.84. The van der Waals surface area contributed by atoms with Crippen molar-refractivity contribution in [3.05, 3.63) is 72.9 Å². The lowest BCUT2D eigenvalue weighted by Crippen LogP contribution is -2.37. The molecule has 8 heteroatoms. The highest BCUT2D eigenvalue weighted by atomic mass is 16.5. The van der Waals surface area contributed by atoms with Gasteiger partial charge in [-0.15, -0.1) is 0 Å². The molecule has 0 saturated carbocycles. The van der Waals surface area contributed by atoms with E-state index in [-0.39, 0.29) is 5.92 Å². The second kappa shape index (κ2) is 8.82. The van der Waals surface area contributed by atoms with Gasteiger partial charge >= 0.3 is 0 Å². The van der Waals surface area contributed by atoms with Crippen molar-refractivity contribution in [2.24, 2.45) is 11.7 Å². The summed E-state index contributed by atoms with van der Waals surface area (Å²) in [5, 5.41) is 12.4. The van der Waals surface area contributed by atoms with Gasteiger partial charge < -0.3 is 15.8 Å². The summed E-state index contributed by atoms with van der Waals surface area (Å²) in [6.07, 6.45) is 1.06. The summed E-state index contributed by atoms with van der Waals surface area (Å²) >= 11 is 0. The summed E-state index contributed by atoms with van der Waals surface area (Å²) < 4.78 is 5.89. The number of nitrogens with two attached hydrogens (primary N) is 1. The minimum atomic E-state index is -0.720. The van der Waals surface area contributed by atoms with Gasteiger partial charge in [-0.3, -0.25) is 9.89 Å². The van der Waals surface area contributed by atoms with Crippen molar-refractivity contribution >= 4 is 39.2 Å². The average Bonchev–Trinajstić information content (AvgIpc) is 3.30. The van der Waals surface area contributed by atoms with E-state index >= 15 is 0 Å². The minimum absolute atomic E-state index is 0.0542. The predicted molar refractivity (Wildman–Crippen MR) is 133 cm³/mol. The normalized spacial score (nSPS) is 12.2. The van der Waals surface area contributed by atoms with E-state index in [4.69, 9.17) is 20.4 Å². The number of aromatic nitrogens is 4. The maximum Gasteiger partial charge on any atom is 0.258 e. The summed E-state index contributed by atoms with van der Waals surface area (Å²) in [6, 6.07) is 21.2. The van der Waals surface area contributed by atoms with E-state index in [1.165, 1.54) is 0 Å². The fourth-order valence-electron chi connectivity index (χ4n) is 3.84. The zero-order valence-electron chi connectivity index (χ0n) is 18.8. The van der Waals surface area contributed by atoms with Gasteiger partial charge in [0.25, 0.3) is 5.91 Å². The Morgan fingerprint density at radius 3 is 2.71 bits per heavy atom. The van der Waals surface area contributed by atoms with Gasteiger partial charge in [0.15, 0.2) is 11.9 Å². The fraction of sp³-hybridized carbons (Fsp3) is 0.154. The van der Waals surface area contributed by atoms with Crippen LogP contribution in [-0.2, 0) is 4.79 Å². The van der Waals surface area contributed by atoms with Gasteiger partial charge in [0.2, 0.25) is 0 Å². The van der Waals surface area contributed by atoms with Crippen LogP contribution in [0.3, 0.4) is 0 Å². The number of rotatable bonds is 7. The Morgan fingerprint density at radius 2 is 1.88 bits per heavy atom. The van der Waals surface area contributed by atoms with Gasteiger partial charge in [0.1, 0.15) is 11.6 Å². The Balaban J connectivity index is 1.54. The highest BCUT2D eigenvalue weighted by Gasteiger charge is 2.21. The van der Waals surface area contributed by atoms with Crippen molar-refractivity contribution in [3.63, 3.8) is 0 Å². The highest BCUT2D eigenvalue weighted by Crippen LogP contribution is 2.30. The summed E-state index contributed by atoms with van der Waals surface area (Å²) in [5.74, 6) is 1.21. The average molecular weight is 453 g/mol. The van der Waals surface area contributed by atoms with Crippen LogP contribution in [-0.4, -0.2) is 32.2 Å². The molecule has 1 amide bonds. The number of H-pyrrole nitrogens is 1. The Bertz CT molecular complexity index is 1490. The van der Waals surface area contributed by atoms with Crippen LogP contribution < -0.4 is 15.8 Å². The van der Waals surface area contributed by atoms with Crippen LogP contribution in [0.5, 0.6) is 5.75 Å². The van der Waals surface area contributed by atoms with Gasteiger partial charge in [-0.2, -0.15) is 5.10 Å². The number of primary amides is 1. The molecule has 170 valence electrons. The van der Waals surface area contributed by atoms with Crippen molar-refractivity contribution in [2.75, 3.05) is 5.32 Å². The van der Waals surface area contributed by atoms with Crippen molar-refractivity contribution < 1.29 is 9.53 Å². The molecule has 1 atom stereocenters. The molecule has 4 N–H and O–H groups in total. The molecule has 2 heterocycles. The third kappa shape index (κ3) is 4.25. The molecule has 0 spiro atoms. The Hall–Kier alpha value is -4.46. The van der Waals surface area contributed by atoms with E-state index in [9.17, 15) is 4.79 Å². The van der Waals surface area contributed by atoms with Crippen molar-refractivity contribution in [1.29, 1.82) is 0 Å². The van der Waals surface area contributed by atoms with E-state index < -0.39 is 12.0 Å². The number of benzene rings is 3. The van der Waals surface area contributed by atoms with Gasteiger partial charge in [-0.25, -0.2) is 9.97 Å². The molecule has 0 aliphatic rings. The van der Waals surface area contributed by atoms with Crippen LogP contribution in [0.1, 0.15) is 13.8 Å². The maximum atomic E-state index is 11.8. The number of hydrogen-bond acceptors (Lipinski definition) is 6. The molecule has 34 heavy (non-hydrogen) atoms. The molecule has 5 rings (SSSR count). The molecular formula is C26H24N6O2. The molecule has 0 aliphatic heterocycles. The topological polar surface area (TPSA) is 119 Å². The lowest BCUT2D eigenvalue weighted by Gasteiger charge is -2.19. The summed E-state index contributed by atoms with van der Waals surface area (Å²) in [4.78, 5) is 21.4. The molecular weight excluding hydrogens is 428 g/mol. The molecule has 0 bridgehead atoms. The first-order valence-electron chi connectivity index (χ1n) is 11.0. The smallest absolute Gasteiger partial charge is 0.258 e. The summed E-state index contributed by atoms with van der Waals surface area (Å²) in [7, 11) is 0. The first-order valence-corrected chi connectivity index (χ1v) is 11.0. The van der Waals surface area contributed by atoms with E-state index in [1.54, 1.807) is 12.3 Å². The zero-order valence-corrected chi connectivity index (χ0v) is 18.8. The van der Waals surface area contributed by atoms with E-state index in [0.29, 0.717) is 17.4 Å². The number of ether oxygens (including phenoxy) is 1. The second-order valence-electron chi connectivity index (χ2n) is 8.42. The second-order valence-corrected chi connectivity index (χ2v) is 8.42. The molecule has 1 unspecified atom stereocenters. The van der Waals surface area contributed by atoms with Crippen molar-refractivity contribution in [2.45, 2.75) is 20.0 Å². The number of nitrogens with one attached hydrogen (secondary N) is 2. The summed E-state index contributed by atoms with van der Waals surface area (Å²) in [6.45, 7) is 3.79. The van der Waals surface area contributed by atoms with Crippen LogP contribution in [0.15, 0.2) is 72.9 Å². The Labute approximate surface area is 196 Å². The van der Waals surface area contributed by atoms with Crippen LogP contribution in [0.2, 0.25) is 0 Å². The molecule has 2 aromatic heterocycles. The quantitative estimate of drug-likeness (QED) is 0.326. The van der Waals surface area contributed by atoms with Gasteiger partial charge in [0, 0.05) is 22.0 Å². The molecule has 0 saturated heterocycles. The Kier molecular flexibility index (Phi) is 5.55. The third-order valence-corrected chi connectivity index (χ3v) is 5.55. The number of amides is 1. The number of fused-ring (bicyclic) bond motifs is 2. The van der Waals surface area contributed by atoms with Gasteiger partial charge in [-0.05, 0) is 48.4 Å². The van der Waals surface area contributed by atoms with E-state index in [2.05, 4.69) is 15.5 Å². The third-order valence-electron chi connectivity index (χ3n) is 5.55. The molecule has 0 aliphatic carbocycles. The Morgan fingerprint density at radius 1 is 1.03 bits per heavy atom. The number of aromatic amines is 1. The van der Waals surface area contributed by atoms with Crippen molar-refractivity contribution in [3.8, 4) is 17.1 Å². The number of para-hydroxylation sites is 1. The lowest BCUT2D eigenvalue weighted by atomic mass is 10.1. The number of carbonyl (C=O) groups is 1. The molecule has 0 radical (unpaired) electrons. The monoisotopic (exact) mass is 452 g/mol.